The van der Waals surface area contributed by atoms with E-state index in [1.54, 1.807) is 0 Å². The molecule has 2 unspecified atom stereocenters. The quantitative estimate of drug-likeness (QED) is 0.145. The van der Waals surface area contributed by atoms with Crippen molar-refractivity contribution in [1.82, 2.24) is 5.32 Å². The molecule has 9 heteroatoms. The summed E-state index contributed by atoms with van der Waals surface area (Å²) in [7, 11) is 5.80. The molecule has 31 heavy (non-hydrogen) atoms. The van der Waals surface area contributed by atoms with Crippen LogP contribution < -0.4 is 16.8 Å². The van der Waals surface area contributed by atoms with E-state index in [4.69, 9.17) is 16.2 Å². The van der Waals surface area contributed by atoms with Gasteiger partial charge in [0, 0.05) is 6.54 Å². The summed E-state index contributed by atoms with van der Waals surface area (Å²) in [5.74, 6) is -2.32. The topological polar surface area (TPSA) is 145 Å². The number of ether oxygens (including phenoxy) is 1. The van der Waals surface area contributed by atoms with Gasteiger partial charge in [0.05, 0.1) is 27.1 Å². The Hall–Kier alpha value is -1.87. The van der Waals surface area contributed by atoms with Crippen LogP contribution in [0.4, 0.5) is 4.79 Å². The number of quaternary nitrogens is 1. The van der Waals surface area contributed by atoms with Crippen molar-refractivity contribution in [3.8, 4) is 0 Å². The number of nitrogens with zero attached hydrogens (tertiary/aromatic N) is 1. The highest BCUT2D eigenvalue weighted by Gasteiger charge is 2.36. The molecule has 0 aliphatic heterocycles. The van der Waals surface area contributed by atoms with Gasteiger partial charge in [0.15, 0.2) is 6.10 Å². The number of carboxylic acids is 1. The minimum atomic E-state index is -0.948. The van der Waals surface area contributed by atoms with Crippen molar-refractivity contribution in [3.05, 3.63) is 0 Å². The van der Waals surface area contributed by atoms with Gasteiger partial charge in [-0.15, -0.1) is 0 Å². The number of esters is 1. The molecule has 0 bridgehead atoms. The molecule has 0 saturated carbocycles. The molecule has 0 aliphatic carbocycles. The summed E-state index contributed by atoms with van der Waals surface area (Å²) >= 11 is 0. The number of urea groups is 1. The molecule has 0 radical (unpaired) electrons. The maximum absolute atomic E-state index is 12.5. The lowest BCUT2D eigenvalue weighted by molar-refractivity contribution is -0.873. The van der Waals surface area contributed by atoms with E-state index in [0.717, 1.165) is 19.3 Å². The maximum Gasteiger partial charge on any atom is 0.323 e. The number of primary amides is 1. The van der Waals surface area contributed by atoms with Crippen molar-refractivity contribution in [2.45, 2.75) is 83.3 Å². The SMILES string of the molecule is CCCCCCCCCC(C(=O)O)C(C[N+](C)(C)C)OC(=O)[C@@H](N)CCCNC(N)=O. The van der Waals surface area contributed by atoms with Crippen LogP contribution in [-0.2, 0) is 14.3 Å². The number of unbranched alkanes of at least 4 members (excludes halogenated alkanes) is 6. The van der Waals surface area contributed by atoms with E-state index in [1.807, 2.05) is 21.1 Å². The molecule has 0 spiro atoms. The summed E-state index contributed by atoms with van der Waals surface area (Å²) in [6, 6.07) is -1.51. The summed E-state index contributed by atoms with van der Waals surface area (Å²) in [6.45, 7) is 2.88. The second-order valence-corrected chi connectivity index (χ2v) is 9.34. The van der Waals surface area contributed by atoms with Crippen molar-refractivity contribution in [3.63, 3.8) is 0 Å². The molecule has 0 rings (SSSR count). The molecule has 0 aliphatic rings. The van der Waals surface area contributed by atoms with Gasteiger partial charge in [0.1, 0.15) is 12.6 Å². The highest BCUT2D eigenvalue weighted by atomic mass is 16.5. The molecule has 182 valence electrons. The average molecular weight is 446 g/mol. The number of amides is 2. The van der Waals surface area contributed by atoms with Crippen molar-refractivity contribution >= 4 is 18.0 Å². The van der Waals surface area contributed by atoms with Crippen LogP contribution in [0, 0.1) is 5.92 Å². The molecular weight excluding hydrogens is 400 g/mol. The largest absolute Gasteiger partial charge is 0.481 e. The first-order chi connectivity index (χ1) is 14.5. The Morgan fingerprint density at radius 3 is 2.06 bits per heavy atom. The highest BCUT2D eigenvalue weighted by molar-refractivity contribution is 5.77. The number of carbonyl (C=O) groups is 3. The van der Waals surface area contributed by atoms with Crippen LogP contribution in [0.3, 0.4) is 0 Å². The Morgan fingerprint density at radius 1 is 0.968 bits per heavy atom. The number of hydrogen-bond donors (Lipinski definition) is 4. The van der Waals surface area contributed by atoms with Crippen LogP contribution >= 0.6 is 0 Å². The van der Waals surface area contributed by atoms with Crippen molar-refractivity contribution in [2.75, 3.05) is 34.2 Å². The van der Waals surface area contributed by atoms with E-state index in [2.05, 4.69) is 12.2 Å². The first kappa shape index (κ1) is 29.1. The molecule has 0 fully saturated rings. The summed E-state index contributed by atoms with van der Waals surface area (Å²) in [5, 5.41) is 12.2. The molecule has 2 amide bonds. The molecular formula is C22H45N4O5+. The molecule has 3 atom stereocenters. The minimum Gasteiger partial charge on any atom is -0.481 e. The third-order valence-electron chi connectivity index (χ3n) is 5.17. The van der Waals surface area contributed by atoms with E-state index in [1.165, 1.54) is 25.7 Å². The summed E-state index contributed by atoms with van der Waals surface area (Å²) in [6.07, 6.45) is 8.18. The van der Waals surface area contributed by atoms with E-state index < -0.39 is 36.0 Å². The molecule has 0 saturated heterocycles. The first-order valence-corrected chi connectivity index (χ1v) is 11.5. The lowest BCUT2D eigenvalue weighted by atomic mass is 9.94. The number of nitrogens with two attached hydrogens (primary N) is 2. The Balaban J connectivity index is 4.83. The third kappa shape index (κ3) is 15.6. The van der Waals surface area contributed by atoms with E-state index >= 15 is 0 Å². The summed E-state index contributed by atoms with van der Waals surface area (Å²) < 4.78 is 6.10. The van der Waals surface area contributed by atoms with E-state index in [0.29, 0.717) is 36.8 Å². The van der Waals surface area contributed by atoms with Gasteiger partial charge >= 0.3 is 18.0 Å². The zero-order valence-electron chi connectivity index (χ0n) is 19.9. The van der Waals surface area contributed by atoms with Gasteiger partial charge in [0.2, 0.25) is 0 Å². The Kier molecular flexibility index (Phi) is 14.9. The van der Waals surface area contributed by atoms with Gasteiger partial charge in [-0.3, -0.25) is 9.59 Å². The summed E-state index contributed by atoms with van der Waals surface area (Å²) in [5.41, 5.74) is 10.9. The number of hydrogen-bond acceptors (Lipinski definition) is 5. The standard InChI is InChI=1S/C22H44N4O5/c1-5-6-7-8-9-10-11-13-17(20(27)28)19(16-26(2,3)4)31-21(29)18(23)14-12-15-25-22(24)30/h17-19H,5-16,23H2,1-4H3,(H3-,24,25,27,28,30)/p+1/t17?,18-,19?/m0/s1. The second-order valence-electron chi connectivity index (χ2n) is 9.34. The number of aliphatic carboxylic acids is 1. The monoisotopic (exact) mass is 445 g/mol. The molecule has 0 aromatic heterocycles. The molecule has 0 aromatic carbocycles. The predicted molar refractivity (Wildman–Crippen MR) is 121 cm³/mol. The average Bonchev–Trinajstić information content (AvgIpc) is 2.65. The fourth-order valence-electron chi connectivity index (χ4n) is 3.46. The fraction of sp³-hybridized carbons (Fsp3) is 0.864. The van der Waals surface area contributed by atoms with Gasteiger partial charge in [-0.1, -0.05) is 51.9 Å². The van der Waals surface area contributed by atoms with Crippen LogP contribution in [-0.4, -0.2) is 73.9 Å². The Labute approximate surface area is 187 Å². The van der Waals surface area contributed by atoms with Crippen LogP contribution in [0.15, 0.2) is 0 Å². The van der Waals surface area contributed by atoms with Crippen molar-refractivity contribution < 1.29 is 28.7 Å². The van der Waals surface area contributed by atoms with Crippen LogP contribution in [0.2, 0.25) is 0 Å². The number of carbonyl (C=O) groups excluding carboxylic acids is 2. The number of likely N-dealkylation sites (N-methyl/N-ethyl adjacent to an activating group) is 1. The van der Waals surface area contributed by atoms with Crippen LogP contribution in [0.5, 0.6) is 0 Å². The lowest BCUT2D eigenvalue weighted by Gasteiger charge is -2.32. The second kappa shape index (κ2) is 15.9. The maximum atomic E-state index is 12.5. The molecule has 0 heterocycles. The van der Waals surface area contributed by atoms with Crippen LogP contribution in [0.25, 0.3) is 0 Å². The number of rotatable bonds is 18. The molecule has 6 N–H and O–H groups in total. The summed E-state index contributed by atoms with van der Waals surface area (Å²) in [4.78, 5) is 35.2. The number of nitrogens with one attached hydrogen (secondary N) is 1. The highest BCUT2D eigenvalue weighted by Crippen LogP contribution is 2.21. The lowest BCUT2D eigenvalue weighted by Crippen LogP contribution is -2.49. The van der Waals surface area contributed by atoms with Gasteiger partial charge in [-0.05, 0) is 19.3 Å². The Bertz CT molecular complexity index is 536. The first-order valence-electron chi connectivity index (χ1n) is 11.5. The zero-order valence-corrected chi connectivity index (χ0v) is 19.9. The number of carboxylic acid groups (broad SMARTS) is 1. The molecule has 9 nitrogen and oxygen atoms in total. The smallest absolute Gasteiger partial charge is 0.323 e. The fourth-order valence-corrected chi connectivity index (χ4v) is 3.46. The molecule has 0 aromatic rings. The van der Waals surface area contributed by atoms with E-state index in [9.17, 15) is 19.5 Å². The Morgan fingerprint density at radius 2 is 1.55 bits per heavy atom. The minimum absolute atomic E-state index is 0.311. The van der Waals surface area contributed by atoms with Gasteiger partial charge in [-0.2, -0.15) is 0 Å². The van der Waals surface area contributed by atoms with Gasteiger partial charge in [0.25, 0.3) is 0 Å². The van der Waals surface area contributed by atoms with Gasteiger partial charge < -0.3 is 31.1 Å². The van der Waals surface area contributed by atoms with Crippen LogP contribution in [0.1, 0.15) is 71.1 Å². The van der Waals surface area contributed by atoms with Crippen molar-refractivity contribution in [2.24, 2.45) is 17.4 Å². The zero-order chi connectivity index (χ0) is 23.9. The van der Waals surface area contributed by atoms with Crippen molar-refractivity contribution in [1.29, 1.82) is 0 Å². The normalized spacial score (nSPS) is 14.5. The predicted octanol–water partition coefficient (Wildman–Crippen LogP) is 2.22. The third-order valence-corrected chi connectivity index (χ3v) is 5.17. The van der Waals surface area contributed by atoms with E-state index in [-0.39, 0.29) is 0 Å². The van der Waals surface area contributed by atoms with Gasteiger partial charge in [-0.25, -0.2) is 4.79 Å².